The van der Waals surface area contributed by atoms with Crippen molar-refractivity contribution in [2.45, 2.75) is 12.6 Å². The third kappa shape index (κ3) is 2.89. The van der Waals surface area contributed by atoms with Crippen LogP contribution in [0, 0.1) is 0 Å². The number of rotatable bonds is 3. The molecule has 2 aromatic carbocycles. The Labute approximate surface area is 118 Å². The van der Waals surface area contributed by atoms with Gasteiger partial charge in [0, 0.05) is 6.54 Å². The molecule has 20 heavy (non-hydrogen) atoms. The SMILES string of the molecule is O=C1CO[C@@H](c2ccccc2)CN1Cc1ccccc1. The van der Waals surface area contributed by atoms with Crippen LogP contribution >= 0.6 is 0 Å². The van der Waals surface area contributed by atoms with Crippen LogP contribution in [-0.2, 0) is 16.1 Å². The molecule has 1 amide bonds. The van der Waals surface area contributed by atoms with Crippen molar-refractivity contribution in [2.75, 3.05) is 13.2 Å². The topological polar surface area (TPSA) is 29.5 Å². The predicted octanol–water partition coefficient (Wildman–Crippen LogP) is 2.79. The first kappa shape index (κ1) is 12.9. The number of hydrogen-bond donors (Lipinski definition) is 0. The zero-order valence-electron chi connectivity index (χ0n) is 11.2. The van der Waals surface area contributed by atoms with Gasteiger partial charge < -0.3 is 9.64 Å². The summed E-state index contributed by atoms with van der Waals surface area (Å²) in [7, 11) is 0. The molecule has 3 nitrogen and oxygen atoms in total. The molecule has 102 valence electrons. The Balaban J connectivity index is 1.72. The van der Waals surface area contributed by atoms with Gasteiger partial charge in [-0.25, -0.2) is 0 Å². The maximum Gasteiger partial charge on any atom is 0.249 e. The fourth-order valence-electron chi connectivity index (χ4n) is 2.44. The first-order chi connectivity index (χ1) is 9.83. The minimum atomic E-state index is -0.0300. The van der Waals surface area contributed by atoms with Gasteiger partial charge >= 0.3 is 0 Å². The molecule has 1 aliphatic rings. The summed E-state index contributed by atoms with van der Waals surface area (Å²) >= 11 is 0. The molecule has 0 unspecified atom stereocenters. The lowest BCUT2D eigenvalue weighted by molar-refractivity contribution is -0.150. The normalized spacial score (nSPS) is 19.1. The van der Waals surface area contributed by atoms with Crippen molar-refractivity contribution in [3.05, 3.63) is 71.8 Å². The van der Waals surface area contributed by atoms with Crippen molar-refractivity contribution in [1.82, 2.24) is 4.90 Å². The van der Waals surface area contributed by atoms with Crippen molar-refractivity contribution >= 4 is 5.91 Å². The van der Waals surface area contributed by atoms with Crippen LogP contribution in [-0.4, -0.2) is 24.0 Å². The molecule has 3 rings (SSSR count). The summed E-state index contributed by atoms with van der Waals surface area (Å²) in [5, 5.41) is 0. The standard InChI is InChI=1S/C17H17NO2/c19-17-13-20-16(15-9-5-2-6-10-15)12-18(17)11-14-7-3-1-4-8-14/h1-10,16H,11-13H2/t16-/m1/s1. The molecule has 0 aromatic heterocycles. The van der Waals surface area contributed by atoms with Crippen molar-refractivity contribution in [3.63, 3.8) is 0 Å². The van der Waals surface area contributed by atoms with Gasteiger partial charge in [0.15, 0.2) is 0 Å². The number of ether oxygens (including phenoxy) is 1. The van der Waals surface area contributed by atoms with E-state index in [1.807, 2.05) is 65.6 Å². The number of carbonyl (C=O) groups is 1. The van der Waals surface area contributed by atoms with E-state index in [1.165, 1.54) is 0 Å². The van der Waals surface area contributed by atoms with E-state index < -0.39 is 0 Å². The van der Waals surface area contributed by atoms with E-state index in [9.17, 15) is 4.79 Å². The smallest absolute Gasteiger partial charge is 0.249 e. The van der Waals surface area contributed by atoms with Gasteiger partial charge in [0.1, 0.15) is 12.7 Å². The van der Waals surface area contributed by atoms with Gasteiger partial charge in [-0.1, -0.05) is 60.7 Å². The molecule has 0 spiro atoms. The molecule has 1 aliphatic heterocycles. The maximum atomic E-state index is 12.0. The van der Waals surface area contributed by atoms with Crippen molar-refractivity contribution in [3.8, 4) is 0 Å². The van der Waals surface area contributed by atoms with E-state index in [0.29, 0.717) is 13.1 Å². The van der Waals surface area contributed by atoms with E-state index >= 15 is 0 Å². The third-order valence-corrected chi connectivity index (χ3v) is 3.53. The predicted molar refractivity (Wildman–Crippen MR) is 77.0 cm³/mol. The van der Waals surface area contributed by atoms with Crippen LogP contribution in [0.15, 0.2) is 60.7 Å². The molecule has 1 fully saturated rings. The molecule has 0 radical (unpaired) electrons. The van der Waals surface area contributed by atoms with E-state index in [2.05, 4.69) is 0 Å². The fourth-order valence-corrected chi connectivity index (χ4v) is 2.44. The Bertz CT molecular complexity index is 568. The van der Waals surface area contributed by atoms with E-state index in [0.717, 1.165) is 11.1 Å². The van der Waals surface area contributed by atoms with E-state index in [4.69, 9.17) is 4.74 Å². The summed E-state index contributed by atoms with van der Waals surface area (Å²) < 4.78 is 5.65. The van der Waals surface area contributed by atoms with Gasteiger partial charge in [-0.3, -0.25) is 4.79 Å². The van der Waals surface area contributed by atoms with E-state index in [1.54, 1.807) is 0 Å². The third-order valence-electron chi connectivity index (χ3n) is 3.53. The summed E-state index contributed by atoms with van der Waals surface area (Å²) in [5.74, 6) is 0.0565. The van der Waals surface area contributed by atoms with Crippen LogP contribution in [0.4, 0.5) is 0 Å². The monoisotopic (exact) mass is 267 g/mol. The fraction of sp³-hybridized carbons (Fsp3) is 0.235. The number of carbonyl (C=O) groups excluding carboxylic acids is 1. The molecule has 0 saturated carbocycles. The lowest BCUT2D eigenvalue weighted by Crippen LogP contribution is -2.42. The van der Waals surface area contributed by atoms with Gasteiger partial charge in [-0.15, -0.1) is 0 Å². The highest BCUT2D eigenvalue weighted by Crippen LogP contribution is 2.23. The maximum absolute atomic E-state index is 12.0. The molecule has 1 saturated heterocycles. The van der Waals surface area contributed by atoms with Crippen LogP contribution in [0.2, 0.25) is 0 Å². The molecule has 0 N–H and O–H groups in total. The molecule has 1 atom stereocenters. The summed E-state index contributed by atoms with van der Waals surface area (Å²) in [6, 6.07) is 20.1. The van der Waals surface area contributed by atoms with Crippen LogP contribution in [0.5, 0.6) is 0 Å². The van der Waals surface area contributed by atoms with Crippen LogP contribution in [0.3, 0.4) is 0 Å². The summed E-state index contributed by atoms with van der Waals surface area (Å²) in [6.45, 7) is 1.41. The minimum absolute atomic E-state index is 0.0300. The highest BCUT2D eigenvalue weighted by atomic mass is 16.5. The Kier molecular flexibility index (Phi) is 3.79. The lowest BCUT2D eigenvalue weighted by atomic mass is 10.1. The number of morpholine rings is 1. The lowest BCUT2D eigenvalue weighted by Gasteiger charge is -2.33. The second kappa shape index (κ2) is 5.88. The molecule has 3 heteroatoms. The Morgan fingerprint density at radius 1 is 1.00 bits per heavy atom. The Hall–Kier alpha value is -2.13. The summed E-state index contributed by atoms with van der Waals surface area (Å²) in [6.07, 6.45) is -0.0300. The van der Waals surface area contributed by atoms with Crippen molar-refractivity contribution < 1.29 is 9.53 Å². The van der Waals surface area contributed by atoms with Crippen LogP contribution in [0.25, 0.3) is 0 Å². The van der Waals surface area contributed by atoms with Gasteiger partial charge in [-0.2, -0.15) is 0 Å². The van der Waals surface area contributed by atoms with Gasteiger partial charge in [0.05, 0.1) is 6.54 Å². The first-order valence-corrected chi connectivity index (χ1v) is 6.81. The molecule has 2 aromatic rings. The quantitative estimate of drug-likeness (QED) is 0.856. The Morgan fingerprint density at radius 2 is 1.65 bits per heavy atom. The molecule has 0 aliphatic carbocycles. The van der Waals surface area contributed by atoms with Gasteiger partial charge in [-0.05, 0) is 11.1 Å². The largest absolute Gasteiger partial charge is 0.362 e. The van der Waals surface area contributed by atoms with Crippen molar-refractivity contribution in [2.24, 2.45) is 0 Å². The average Bonchev–Trinajstić information content (AvgIpc) is 2.51. The first-order valence-electron chi connectivity index (χ1n) is 6.81. The number of nitrogens with zero attached hydrogens (tertiary/aromatic N) is 1. The number of benzene rings is 2. The van der Waals surface area contributed by atoms with Crippen LogP contribution in [0.1, 0.15) is 17.2 Å². The number of hydrogen-bond acceptors (Lipinski definition) is 2. The highest BCUT2D eigenvalue weighted by Gasteiger charge is 2.27. The molecule has 1 heterocycles. The second-order valence-electron chi connectivity index (χ2n) is 4.97. The molecular weight excluding hydrogens is 250 g/mol. The zero-order valence-corrected chi connectivity index (χ0v) is 11.2. The Morgan fingerprint density at radius 3 is 2.35 bits per heavy atom. The summed E-state index contributed by atoms with van der Waals surface area (Å²) in [4.78, 5) is 13.8. The minimum Gasteiger partial charge on any atom is -0.362 e. The molecule has 0 bridgehead atoms. The van der Waals surface area contributed by atoms with Gasteiger partial charge in [0.2, 0.25) is 5.91 Å². The van der Waals surface area contributed by atoms with E-state index in [-0.39, 0.29) is 18.6 Å². The second-order valence-corrected chi connectivity index (χ2v) is 4.97. The van der Waals surface area contributed by atoms with Crippen LogP contribution < -0.4 is 0 Å². The van der Waals surface area contributed by atoms with Crippen molar-refractivity contribution in [1.29, 1.82) is 0 Å². The average molecular weight is 267 g/mol. The molecular formula is C17H17NO2. The zero-order chi connectivity index (χ0) is 13.8. The number of amides is 1. The summed E-state index contributed by atoms with van der Waals surface area (Å²) in [5.41, 5.74) is 2.27. The highest BCUT2D eigenvalue weighted by molar-refractivity contribution is 5.78. The van der Waals surface area contributed by atoms with Gasteiger partial charge in [0.25, 0.3) is 0 Å².